The van der Waals surface area contributed by atoms with Crippen LogP contribution < -0.4 is 0 Å². The number of benzene rings is 3. The van der Waals surface area contributed by atoms with Crippen LogP contribution in [0.15, 0.2) is 108 Å². The van der Waals surface area contributed by atoms with E-state index < -0.39 is 0 Å². The van der Waals surface area contributed by atoms with Crippen molar-refractivity contribution in [2.75, 3.05) is 0 Å². The largest absolute Gasteiger partial charge is 0.454 e. The van der Waals surface area contributed by atoms with Crippen molar-refractivity contribution in [2.45, 2.75) is 13.8 Å². The molecule has 0 radical (unpaired) electrons. The van der Waals surface area contributed by atoms with Crippen molar-refractivity contribution in [3.8, 4) is 17.1 Å². The van der Waals surface area contributed by atoms with E-state index in [1.165, 1.54) is 0 Å². The minimum Gasteiger partial charge on any atom is -0.454 e. The fourth-order valence-electron chi connectivity index (χ4n) is 4.62. The quantitative estimate of drug-likeness (QED) is 0.200. The van der Waals surface area contributed by atoms with Gasteiger partial charge in [0.25, 0.3) is 0 Å². The van der Waals surface area contributed by atoms with Gasteiger partial charge in [0.1, 0.15) is 16.9 Å². The SMILES string of the molecule is C=C=C(/C=C\C)c1ccc(-n2c(-c3ccnc4c3oc3cc(C)ccc34)nc3ccccc32)cc1. The molecule has 3 aromatic carbocycles. The molecule has 4 heteroatoms. The van der Waals surface area contributed by atoms with Crippen molar-refractivity contribution >= 4 is 38.7 Å². The molecule has 35 heavy (non-hydrogen) atoms. The van der Waals surface area contributed by atoms with Crippen molar-refractivity contribution < 1.29 is 4.42 Å². The third-order valence-corrected chi connectivity index (χ3v) is 6.27. The normalized spacial score (nSPS) is 11.6. The predicted molar refractivity (Wildman–Crippen MR) is 144 cm³/mol. The molecule has 0 saturated carbocycles. The third kappa shape index (κ3) is 3.40. The van der Waals surface area contributed by atoms with Crippen LogP contribution in [0.5, 0.6) is 0 Å². The van der Waals surface area contributed by atoms with Gasteiger partial charge in [-0.05, 0) is 67.4 Å². The number of aryl methyl sites for hydroxylation is 1. The molecule has 168 valence electrons. The number of pyridine rings is 1. The molecular formula is C31H23N3O. The summed E-state index contributed by atoms with van der Waals surface area (Å²) in [6, 6.07) is 24.8. The second-order valence-electron chi connectivity index (χ2n) is 8.53. The predicted octanol–water partition coefficient (Wildman–Crippen LogP) is 8.04. The van der Waals surface area contributed by atoms with Crippen molar-refractivity contribution in [3.05, 3.63) is 115 Å². The average Bonchev–Trinajstić information content (AvgIpc) is 3.45. The summed E-state index contributed by atoms with van der Waals surface area (Å²) in [5, 5.41) is 1.01. The number of hydrogen-bond acceptors (Lipinski definition) is 3. The lowest BCUT2D eigenvalue weighted by Gasteiger charge is -2.11. The molecular weight excluding hydrogens is 430 g/mol. The summed E-state index contributed by atoms with van der Waals surface area (Å²) in [7, 11) is 0. The maximum atomic E-state index is 6.36. The summed E-state index contributed by atoms with van der Waals surface area (Å²) in [5.74, 6) is 0.815. The molecule has 3 aromatic heterocycles. The number of fused-ring (bicyclic) bond motifs is 4. The minimum absolute atomic E-state index is 0.742. The summed E-state index contributed by atoms with van der Waals surface area (Å²) < 4.78 is 8.54. The zero-order valence-corrected chi connectivity index (χ0v) is 19.6. The van der Waals surface area contributed by atoms with Crippen LogP contribution >= 0.6 is 0 Å². The molecule has 0 saturated heterocycles. The fraction of sp³-hybridized carbons (Fsp3) is 0.0645. The molecule has 0 amide bonds. The van der Waals surface area contributed by atoms with Crippen molar-refractivity contribution in [1.29, 1.82) is 0 Å². The zero-order chi connectivity index (χ0) is 23.9. The zero-order valence-electron chi connectivity index (χ0n) is 19.6. The lowest BCUT2D eigenvalue weighted by Crippen LogP contribution is -1.98. The Bertz CT molecular complexity index is 1810. The van der Waals surface area contributed by atoms with Gasteiger partial charge in [0.15, 0.2) is 5.58 Å². The molecule has 0 aliphatic heterocycles. The van der Waals surface area contributed by atoms with Gasteiger partial charge in [-0.1, -0.05) is 49.1 Å². The van der Waals surface area contributed by atoms with Crippen LogP contribution in [0.4, 0.5) is 0 Å². The Morgan fingerprint density at radius 2 is 1.86 bits per heavy atom. The van der Waals surface area contributed by atoms with E-state index >= 15 is 0 Å². The van der Waals surface area contributed by atoms with Gasteiger partial charge >= 0.3 is 0 Å². The molecule has 0 aliphatic carbocycles. The molecule has 6 aromatic rings. The van der Waals surface area contributed by atoms with E-state index in [1.54, 1.807) is 0 Å². The Morgan fingerprint density at radius 1 is 1.03 bits per heavy atom. The van der Waals surface area contributed by atoms with Gasteiger partial charge in [0.2, 0.25) is 0 Å². The van der Waals surface area contributed by atoms with Crippen molar-refractivity contribution in [1.82, 2.24) is 14.5 Å². The minimum atomic E-state index is 0.742. The van der Waals surface area contributed by atoms with Crippen LogP contribution in [0.1, 0.15) is 18.1 Å². The Hall–Kier alpha value is -4.66. The summed E-state index contributed by atoms with van der Waals surface area (Å²) in [5.41, 5.74) is 12.5. The maximum Gasteiger partial charge on any atom is 0.164 e. The van der Waals surface area contributed by atoms with Gasteiger partial charge in [-0.3, -0.25) is 9.55 Å². The summed E-state index contributed by atoms with van der Waals surface area (Å²) in [4.78, 5) is 9.68. The van der Waals surface area contributed by atoms with Gasteiger partial charge in [-0.15, -0.1) is 5.73 Å². The summed E-state index contributed by atoms with van der Waals surface area (Å²) >= 11 is 0. The Labute approximate surface area is 203 Å². The van der Waals surface area contributed by atoms with Crippen LogP contribution in [0.2, 0.25) is 0 Å². The number of imidazole rings is 1. The van der Waals surface area contributed by atoms with E-state index in [0.29, 0.717) is 0 Å². The van der Waals surface area contributed by atoms with Crippen molar-refractivity contribution in [3.63, 3.8) is 0 Å². The van der Waals surface area contributed by atoms with Gasteiger partial charge in [0.05, 0.1) is 16.6 Å². The van der Waals surface area contributed by atoms with E-state index in [-0.39, 0.29) is 0 Å². The number of aromatic nitrogens is 3. The van der Waals surface area contributed by atoms with E-state index in [1.807, 2.05) is 49.5 Å². The van der Waals surface area contributed by atoms with Crippen molar-refractivity contribution in [2.24, 2.45) is 0 Å². The molecule has 0 fully saturated rings. The number of hydrogen-bond donors (Lipinski definition) is 0. The third-order valence-electron chi connectivity index (χ3n) is 6.27. The number of rotatable bonds is 4. The Balaban J connectivity index is 1.61. The summed E-state index contributed by atoms with van der Waals surface area (Å²) in [6.07, 6.45) is 5.83. The van der Waals surface area contributed by atoms with E-state index in [0.717, 1.165) is 66.9 Å². The first kappa shape index (κ1) is 20.9. The van der Waals surface area contributed by atoms with E-state index in [9.17, 15) is 0 Å². The first-order chi connectivity index (χ1) is 17.2. The molecule has 0 aliphatic rings. The molecule has 0 atom stereocenters. The van der Waals surface area contributed by atoms with Gasteiger partial charge < -0.3 is 4.42 Å². The van der Waals surface area contributed by atoms with Crippen LogP contribution in [-0.2, 0) is 0 Å². The number of nitrogens with zero attached hydrogens (tertiary/aromatic N) is 3. The molecule has 6 rings (SSSR count). The van der Waals surface area contributed by atoms with E-state index in [2.05, 4.69) is 77.3 Å². The second kappa shape index (κ2) is 8.28. The number of furan rings is 1. The Morgan fingerprint density at radius 3 is 2.66 bits per heavy atom. The molecule has 0 bridgehead atoms. The maximum absolute atomic E-state index is 6.36. The topological polar surface area (TPSA) is 43.9 Å². The highest BCUT2D eigenvalue weighted by Gasteiger charge is 2.20. The molecule has 3 heterocycles. The molecule has 4 nitrogen and oxygen atoms in total. The van der Waals surface area contributed by atoms with E-state index in [4.69, 9.17) is 9.40 Å². The Kier molecular flexibility index (Phi) is 4.95. The first-order valence-electron chi connectivity index (χ1n) is 11.6. The fourth-order valence-corrected chi connectivity index (χ4v) is 4.62. The van der Waals surface area contributed by atoms with Gasteiger partial charge in [0, 0.05) is 22.8 Å². The highest BCUT2D eigenvalue weighted by atomic mass is 16.3. The second-order valence-corrected chi connectivity index (χ2v) is 8.53. The molecule has 0 spiro atoms. The lowest BCUT2D eigenvalue weighted by atomic mass is 10.1. The van der Waals surface area contributed by atoms with Gasteiger partial charge in [-0.25, -0.2) is 4.98 Å². The standard InChI is InChI=1S/C31H23N3O/c1-4-8-21(5-2)22-12-14-23(15-13-22)34-27-10-7-6-9-26(27)33-31(34)25-17-18-32-29-24-16-11-20(3)19-28(24)35-30(25)29/h4,6-19H,2H2,1,3H3/b8-4-. The van der Waals surface area contributed by atoms with Crippen LogP contribution in [0.25, 0.3) is 55.8 Å². The van der Waals surface area contributed by atoms with Crippen LogP contribution in [0, 0.1) is 6.92 Å². The first-order valence-corrected chi connectivity index (χ1v) is 11.6. The number of para-hydroxylation sites is 2. The monoisotopic (exact) mass is 453 g/mol. The molecule has 0 unspecified atom stereocenters. The highest BCUT2D eigenvalue weighted by molar-refractivity contribution is 6.07. The van der Waals surface area contributed by atoms with Crippen LogP contribution in [-0.4, -0.2) is 14.5 Å². The van der Waals surface area contributed by atoms with Gasteiger partial charge in [-0.2, -0.15) is 0 Å². The smallest absolute Gasteiger partial charge is 0.164 e. The number of allylic oxidation sites excluding steroid dienone is 3. The average molecular weight is 454 g/mol. The lowest BCUT2D eigenvalue weighted by molar-refractivity contribution is 0.668. The molecule has 0 N–H and O–H groups in total. The summed E-state index contributed by atoms with van der Waals surface area (Å²) in [6.45, 7) is 7.88. The van der Waals surface area contributed by atoms with Crippen LogP contribution in [0.3, 0.4) is 0 Å². The highest BCUT2D eigenvalue weighted by Crippen LogP contribution is 2.37.